The average molecular weight is 469 g/mol. The van der Waals surface area contributed by atoms with Crippen molar-refractivity contribution < 1.29 is 0 Å². The molecule has 4 aromatic carbocycles. The second-order valence-electron chi connectivity index (χ2n) is 10.3. The van der Waals surface area contributed by atoms with Gasteiger partial charge in [0.2, 0.25) is 0 Å². The molecule has 0 fully saturated rings. The van der Waals surface area contributed by atoms with Crippen molar-refractivity contribution in [2.24, 2.45) is 0 Å². The highest BCUT2D eigenvalue weighted by molar-refractivity contribution is 6.09. The average Bonchev–Trinajstić information content (AvgIpc) is 3.51. The summed E-state index contributed by atoms with van der Waals surface area (Å²) in [5.41, 5.74) is 10.2. The van der Waals surface area contributed by atoms with Gasteiger partial charge in [0, 0.05) is 22.7 Å². The fourth-order valence-electron chi connectivity index (χ4n) is 5.57. The normalized spacial score (nSPS) is 11.8. The Hall–Kier alpha value is -4.04. The number of para-hydroxylation sites is 2. The van der Waals surface area contributed by atoms with E-state index in [4.69, 9.17) is 0 Å². The minimum absolute atomic E-state index is 0.372. The standard InChI is InChI=1S/C34H32N2/c1-23(2)29-21-26(36-32-17-10-8-15-27(32)28-16-9-11-18-33(28)36)22-30(24(3)4)34(29)35-20-12-19-31(35)25-13-6-5-7-14-25/h5-24H,1-4H3. The number of benzene rings is 4. The smallest absolute Gasteiger partial charge is 0.0541 e. The van der Waals surface area contributed by atoms with Gasteiger partial charge in [0.1, 0.15) is 0 Å². The highest BCUT2D eigenvalue weighted by Gasteiger charge is 2.21. The third kappa shape index (κ3) is 3.56. The monoisotopic (exact) mass is 468 g/mol. The van der Waals surface area contributed by atoms with Crippen molar-refractivity contribution in [2.75, 3.05) is 0 Å². The molecule has 0 aliphatic carbocycles. The van der Waals surface area contributed by atoms with Crippen molar-refractivity contribution in [2.45, 2.75) is 39.5 Å². The molecule has 2 aromatic heterocycles. The first-order chi connectivity index (χ1) is 17.5. The van der Waals surface area contributed by atoms with Gasteiger partial charge >= 0.3 is 0 Å². The number of nitrogens with zero attached hydrogens (tertiary/aromatic N) is 2. The summed E-state index contributed by atoms with van der Waals surface area (Å²) < 4.78 is 4.84. The first-order valence-electron chi connectivity index (χ1n) is 12.9. The van der Waals surface area contributed by atoms with Crippen LogP contribution in [0.3, 0.4) is 0 Å². The molecule has 0 atom stereocenters. The molecule has 0 spiro atoms. The molecule has 0 saturated carbocycles. The van der Waals surface area contributed by atoms with Crippen LogP contribution >= 0.6 is 0 Å². The Morgan fingerprint density at radius 1 is 0.556 bits per heavy atom. The van der Waals surface area contributed by atoms with Gasteiger partial charge in [-0.25, -0.2) is 0 Å². The van der Waals surface area contributed by atoms with Crippen molar-refractivity contribution in [3.63, 3.8) is 0 Å². The van der Waals surface area contributed by atoms with Crippen molar-refractivity contribution in [3.05, 3.63) is 120 Å². The lowest BCUT2D eigenvalue weighted by atomic mass is 9.91. The lowest BCUT2D eigenvalue weighted by molar-refractivity contribution is 0.805. The molecule has 36 heavy (non-hydrogen) atoms. The summed E-state index contributed by atoms with van der Waals surface area (Å²) in [5.74, 6) is 0.744. The molecule has 6 rings (SSSR count). The van der Waals surface area contributed by atoms with Crippen LogP contribution in [0.1, 0.15) is 50.7 Å². The van der Waals surface area contributed by atoms with E-state index in [0.29, 0.717) is 11.8 Å². The van der Waals surface area contributed by atoms with Gasteiger partial charge in [0.05, 0.1) is 22.4 Å². The van der Waals surface area contributed by atoms with Crippen LogP contribution in [0, 0.1) is 0 Å². The summed E-state index contributed by atoms with van der Waals surface area (Å²) in [4.78, 5) is 0. The van der Waals surface area contributed by atoms with Gasteiger partial charge in [0.15, 0.2) is 0 Å². The van der Waals surface area contributed by atoms with E-state index in [1.807, 2.05) is 0 Å². The molecule has 2 heterocycles. The Bertz CT molecular complexity index is 1600. The first-order valence-corrected chi connectivity index (χ1v) is 12.9. The molecule has 0 aliphatic heterocycles. The van der Waals surface area contributed by atoms with Crippen LogP contribution in [0.15, 0.2) is 109 Å². The second kappa shape index (κ2) is 8.87. The van der Waals surface area contributed by atoms with E-state index >= 15 is 0 Å². The van der Waals surface area contributed by atoms with Gasteiger partial charge in [-0.3, -0.25) is 0 Å². The molecule has 0 saturated heterocycles. The maximum Gasteiger partial charge on any atom is 0.0541 e. The molecule has 0 radical (unpaired) electrons. The molecule has 0 N–H and O–H groups in total. The molecule has 0 unspecified atom stereocenters. The van der Waals surface area contributed by atoms with Gasteiger partial charge in [-0.05, 0) is 64.9 Å². The summed E-state index contributed by atoms with van der Waals surface area (Å²) in [6.45, 7) is 9.24. The van der Waals surface area contributed by atoms with E-state index in [1.165, 1.54) is 55.6 Å². The van der Waals surface area contributed by atoms with Gasteiger partial charge in [-0.1, -0.05) is 94.4 Å². The lowest BCUT2D eigenvalue weighted by Gasteiger charge is -2.25. The molecular weight excluding hydrogens is 436 g/mol. The van der Waals surface area contributed by atoms with Gasteiger partial charge in [-0.2, -0.15) is 0 Å². The fourth-order valence-corrected chi connectivity index (χ4v) is 5.57. The van der Waals surface area contributed by atoms with Gasteiger partial charge in [-0.15, -0.1) is 0 Å². The number of hydrogen-bond acceptors (Lipinski definition) is 0. The zero-order valence-corrected chi connectivity index (χ0v) is 21.4. The van der Waals surface area contributed by atoms with Crippen molar-refractivity contribution >= 4 is 21.8 Å². The van der Waals surface area contributed by atoms with Crippen molar-refractivity contribution in [3.8, 4) is 22.6 Å². The quantitative estimate of drug-likeness (QED) is 0.238. The minimum atomic E-state index is 0.372. The SMILES string of the molecule is CC(C)c1cc(-n2c3ccccc3c3ccccc32)cc(C(C)C)c1-n1cccc1-c1ccccc1. The molecule has 0 aliphatic rings. The minimum Gasteiger partial charge on any atom is -0.316 e. The molecule has 2 heteroatoms. The van der Waals surface area contributed by atoms with Crippen LogP contribution in [-0.4, -0.2) is 9.13 Å². The van der Waals surface area contributed by atoms with Crippen LogP contribution in [0.25, 0.3) is 44.4 Å². The van der Waals surface area contributed by atoms with Crippen molar-refractivity contribution in [1.82, 2.24) is 9.13 Å². The van der Waals surface area contributed by atoms with Crippen LogP contribution in [0.2, 0.25) is 0 Å². The predicted octanol–water partition coefficient (Wildman–Crippen LogP) is 9.49. The molecule has 0 bridgehead atoms. The molecule has 178 valence electrons. The Labute approximate surface area is 213 Å². The van der Waals surface area contributed by atoms with Crippen LogP contribution < -0.4 is 0 Å². The summed E-state index contributed by atoms with van der Waals surface area (Å²) in [5, 5.41) is 2.59. The van der Waals surface area contributed by atoms with E-state index < -0.39 is 0 Å². The topological polar surface area (TPSA) is 9.86 Å². The third-order valence-electron chi connectivity index (χ3n) is 7.30. The summed E-state index contributed by atoms with van der Waals surface area (Å²) in [6.07, 6.45) is 2.22. The van der Waals surface area contributed by atoms with Crippen LogP contribution in [0.5, 0.6) is 0 Å². The van der Waals surface area contributed by atoms with Crippen molar-refractivity contribution in [1.29, 1.82) is 0 Å². The Morgan fingerprint density at radius 3 is 1.64 bits per heavy atom. The van der Waals surface area contributed by atoms with E-state index in [9.17, 15) is 0 Å². The number of aromatic nitrogens is 2. The third-order valence-corrected chi connectivity index (χ3v) is 7.30. The zero-order chi connectivity index (χ0) is 24.8. The van der Waals surface area contributed by atoms with E-state index in [0.717, 1.165) is 0 Å². The van der Waals surface area contributed by atoms with E-state index in [2.05, 4.69) is 146 Å². The Kier molecular flexibility index (Phi) is 5.53. The molecule has 6 aromatic rings. The summed E-state index contributed by atoms with van der Waals surface area (Å²) in [6, 6.07) is 37.5. The van der Waals surface area contributed by atoms with Crippen LogP contribution in [-0.2, 0) is 0 Å². The van der Waals surface area contributed by atoms with Crippen LogP contribution in [0.4, 0.5) is 0 Å². The molecule has 2 nitrogen and oxygen atoms in total. The second-order valence-corrected chi connectivity index (χ2v) is 10.3. The largest absolute Gasteiger partial charge is 0.316 e. The highest BCUT2D eigenvalue weighted by atomic mass is 15.0. The maximum atomic E-state index is 2.44. The number of rotatable bonds is 5. The number of fused-ring (bicyclic) bond motifs is 3. The van der Waals surface area contributed by atoms with E-state index in [-0.39, 0.29) is 0 Å². The molecule has 0 amide bonds. The number of hydrogen-bond donors (Lipinski definition) is 0. The molecular formula is C34H32N2. The lowest BCUT2D eigenvalue weighted by Crippen LogP contribution is -2.10. The van der Waals surface area contributed by atoms with Gasteiger partial charge < -0.3 is 9.13 Å². The predicted molar refractivity (Wildman–Crippen MR) is 154 cm³/mol. The fraction of sp³-hybridized carbons (Fsp3) is 0.176. The Morgan fingerprint density at radius 2 is 1.08 bits per heavy atom. The summed E-state index contributed by atoms with van der Waals surface area (Å²) in [7, 11) is 0. The first kappa shape index (κ1) is 22.4. The zero-order valence-electron chi connectivity index (χ0n) is 21.4. The summed E-state index contributed by atoms with van der Waals surface area (Å²) >= 11 is 0. The maximum absolute atomic E-state index is 2.44. The van der Waals surface area contributed by atoms with Gasteiger partial charge in [0.25, 0.3) is 0 Å². The Balaban J connectivity index is 1.67. The highest BCUT2D eigenvalue weighted by Crippen LogP contribution is 2.39. The van der Waals surface area contributed by atoms with E-state index in [1.54, 1.807) is 0 Å².